The van der Waals surface area contributed by atoms with Crippen LogP contribution in [0.3, 0.4) is 0 Å². The van der Waals surface area contributed by atoms with E-state index in [2.05, 4.69) is 10.3 Å². The minimum Gasteiger partial charge on any atom is -0.459 e. The third-order valence-corrected chi connectivity index (χ3v) is 5.78. The Labute approximate surface area is 193 Å². The Bertz CT molecular complexity index is 1330. The van der Waals surface area contributed by atoms with Gasteiger partial charge >= 0.3 is 0 Å². The Balaban J connectivity index is 1.58. The standard InChI is InChI=1S/C24H17FN4O3S/c25-16-7-9-17(10-8-16)28-23(22(27-24(28)33)19-6-1-2-13-26-19)21-12-11-20(32-21)15-4-3-5-18(14-15)29(30)31/h1-14,22-23H,(H,27,33)/t22-,23-/m1/s1. The number of nitrogens with zero attached hydrogens (tertiary/aromatic N) is 3. The molecule has 1 saturated heterocycles. The summed E-state index contributed by atoms with van der Waals surface area (Å²) in [4.78, 5) is 17.1. The molecule has 33 heavy (non-hydrogen) atoms. The van der Waals surface area contributed by atoms with Crippen LogP contribution in [0.2, 0.25) is 0 Å². The van der Waals surface area contributed by atoms with E-state index in [0.717, 1.165) is 5.69 Å². The zero-order chi connectivity index (χ0) is 22.9. The minimum atomic E-state index is -0.444. The molecule has 4 aromatic rings. The zero-order valence-corrected chi connectivity index (χ0v) is 17.9. The highest BCUT2D eigenvalue weighted by atomic mass is 32.1. The third-order valence-electron chi connectivity index (χ3n) is 5.46. The Hall–Kier alpha value is -4.11. The number of anilines is 1. The summed E-state index contributed by atoms with van der Waals surface area (Å²) >= 11 is 5.63. The Morgan fingerprint density at radius 1 is 1.06 bits per heavy atom. The lowest BCUT2D eigenvalue weighted by Gasteiger charge is -2.26. The smallest absolute Gasteiger partial charge is 0.270 e. The number of non-ortho nitro benzene ring substituents is 1. The van der Waals surface area contributed by atoms with Gasteiger partial charge in [-0.15, -0.1) is 0 Å². The molecule has 2 atom stereocenters. The lowest BCUT2D eigenvalue weighted by molar-refractivity contribution is -0.384. The summed E-state index contributed by atoms with van der Waals surface area (Å²) in [5.74, 6) is 0.731. The van der Waals surface area contributed by atoms with Crippen molar-refractivity contribution in [2.24, 2.45) is 0 Å². The van der Waals surface area contributed by atoms with Gasteiger partial charge in [0.1, 0.15) is 23.4 Å². The second-order valence-electron chi connectivity index (χ2n) is 7.48. The number of nitrogens with one attached hydrogen (secondary N) is 1. The first kappa shape index (κ1) is 20.8. The monoisotopic (exact) mass is 460 g/mol. The highest BCUT2D eigenvalue weighted by Gasteiger charge is 2.42. The molecule has 0 unspecified atom stereocenters. The number of benzene rings is 2. The van der Waals surface area contributed by atoms with Gasteiger partial charge in [-0.2, -0.15) is 0 Å². The van der Waals surface area contributed by atoms with Crippen LogP contribution in [0.1, 0.15) is 23.5 Å². The van der Waals surface area contributed by atoms with E-state index in [1.807, 2.05) is 29.2 Å². The van der Waals surface area contributed by atoms with E-state index >= 15 is 0 Å². The normalized spacial score (nSPS) is 17.7. The molecule has 9 heteroatoms. The molecule has 0 radical (unpaired) electrons. The first-order chi connectivity index (χ1) is 16.0. The summed E-state index contributed by atoms with van der Waals surface area (Å²) in [6, 6.07) is 20.8. The van der Waals surface area contributed by atoms with Crippen molar-refractivity contribution >= 4 is 28.7 Å². The number of nitro groups is 1. The summed E-state index contributed by atoms with van der Waals surface area (Å²) in [6.45, 7) is 0. The SMILES string of the molecule is O=[N+]([O-])c1cccc(-c2ccc([C@@H]3[C@@H](c4ccccn4)NC(=S)N3c3ccc(F)cc3)o2)c1. The zero-order valence-electron chi connectivity index (χ0n) is 17.1. The maximum Gasteiger partial charge on any atom is 0.270 e. The van der Waals surface area contributed by atoms with Gasteiger partial charge in [0.2, 0.25) is 0 Å². The molecule has 1 aliphatic heterocycles. The van der Waals surface area contributed by atoms with Crippen LogP contribution in [0.5, 0.6) is 0 Å². The average molecular weight is 460 g/mol. The fourth-order valence-electron chi connectivity index (χ4n) is 3.96. The highest BCUT2D eigenvalue weighted by Crippen LogP contribution is 2.43. The average Bonchev–Trinajstić information content (AvgIpc) is 3.45. The van der Waals surface area contributed by atoms with Crippen molar-refractivity contribution in [3.8, 4) is 11.3 Å². The first-order valence-electron chi connectivity index (χ1n) is 10.1. The number of halogens is 1. The van der Waals surface area contributed by atoms with Gasteiger partial charge in [-0.25, -0.2) is 4.39 Å². The third kappa shape index (κ3) is 3.94. The number of pyridine rings is 1. The van der Waals surface area contributed by atoms with Crippen LogP contribution in [-0.4, -0.2) is 15.0 Å². The van der Waals surface area contributed by atoms with Gasteiger partial charge in [0.15, 0.2) is 5.11 Å². The highest BCUT2D eigenvalue weighted by molar-refractivity contribution is 7.80. The van der Waals surface area contributed by atoms with Gasteiger partial charge in [-0.1, -0.05) is 18.2 Å². The number of rotatable bonds is 5. The van der Waals surface area contributed by atoms with E-state index in [4.69, 9.17) is 16.6 Å². The van der Waals surface area contributed by atoms with E-state index < -0.39 is 11.0 Å². The largest absolute Gasteiger partial charge is 0.459 e. The molecule has 2 aromatic carbocycles. The molecule has 1 aliphatic rings. The van der Waals surface area contributed by atoms with Gasteiger partial charge in [0, 0.05) is 29.6 Å². The Morgan fingerprint density at radius 2 is 1.88 bits per heavy atom. The van der Waals surface area contributed by atoms with Crippen LogP contribution in [0.15, 0.2) is 89.5 Å². The van der Waals surface area contributed by atoms with Crippen molar-refractivity contribution < 1.29 is 13.7 Å². The first-order valence-corrected chi connectivity index (χ1v) is 10.5. The lowest BCUT2D eigenvalue weighted by Crippen LogP contribution is -2.29. The van der Waals surface area contributed by atoms with Crippen LogP contribution < -0.4 is 10.2 Å². The molecule has 0 saturated carbocycles. The van der Waals surface area contributed by atoms with Crippen molar-refractivity contribution in [1.29, 1.82) is 0 Å². The maximum atomic E-state index is 13.6. The van der Waals surface area contributed by atoms with Crippen LogP contribution in [0, 0.1) is 15.9 Å². The van der Waals surface area contributed by atoms with Crippen molar-refractivity contribution in [3.63, 3.8) is 0 Å². The molecule has 0 bridgehead atoms. The topological polar surface area (TPSA) is 84.4 Å². The Kier molecular flexibility index (Phi) is 5.31. The van der Waals surface area contributed by atoms with Gasteiger partial charge in [-0.05, 0) is 60.7 Å². The predicted molar refractivity (Wildman–Crippen MR) is 125 cm³/mol. The fraction of sp³-hybridized carbons (Fsp3) is 0.0833. The second-order valence-corrected chi connectivity index (χ2v) is 7.87. The summed E-state index contributed by atoms with van der Waals surface area (Å²) in [7, 11) is 0. The van der Waals surface area contributed by atoms with E-state index in [-0.39, 0.29) is 17.5 Å². The van der Waals surface area contributed by atoms with Crippen LogP contribution in [-0.2, 0) is 0 Å². The van der Waals surface area contributed by atoms with Crippen molar-refractivity contribution in [2.45, 2.75) is 12.1 Å². The molecule has 0 aliphatic carbocycles. The number of hydrogen-bond acceptors (Lipinski definition) is 5. The van der Waals surface area contributed by atoms with E-state index in [1.54, 1.807) is 36.5 Å². The molecule has 1 N–H and O–H groups in total. The number of aromatic nitrogens is 1. The van der Waals surface area contributed by atoms with Crippen LogP contribution in [0.4, 0.5) is 15.8 Å². The summed E-state index contributed by atoms with van der Waals surface area (Å²) < 4.78 is 19.8. The fourth-order valence-corrected chi connectivity index (χ4v) is 4.31. The van der Waals surface area contributed by atoms with Gasteiger partial charge in [0.05, 0.1) is 16.7 Å². The van der Waals surface area contributed by atoms with E-state index in [9.17, 15) is 14.5 Å². The number of hydrogen-bond donors (Lipinski definition) is 1. The lowest BCUT2D eigenvalue weighted by atomic mass is 10.0. The van der Waals surface area contributed by atoms with Crippen molar-refractivity contribution in [3.05, 3.63) is 112 Å². The van der Waals surface area contributed by atoms with Crippen LogP contribution >= 0.6 is 12.2 Å². The Morgan fingerprint density at radius 3 is 2.61 bits per heavy atom. The summed E-state index contributed by atoms with van der Waals surface area (Å²) in [5.41, 5.74) is 2.04. The molecule has 164 valence electrons. The van der Waals surface area contributed by atoms with Gasteiger partial charge in [-0.3, -0.25) is 15.1 Å². The molecule has 3 heterocycles. The maximum absolute atomic E-state index is 13.6. The molecule has 0 amide bonds. The van der Waals surface area contributed by atoms with Gasteiger partial charge < -0.3 is 14.6 Å². The predicted octanol–water partition coefficient (Wildman–Crippen LogP) is 5.57. The molecular weight excluding hydrogens is 443 g/mol. The van der Waals surface area contributed by atoms with Crippen molar-refractivity contribution in [2.75, 3.05) is 4.90 Å². The molecule has 0 spiro atoms. The second kappa shape index (κ2) is 8.44. The van der Waals surface area contributed by atoms with Crippen LogP contribution in [0.25, 0.3) is 11.3 Å². The number of nitro benzene ring substituents is 1. The number of thiocarbonyl (C=S) groups is 1. The van der Waals surface area contributed by atoms with E-state index in [0.29, 0.717) is 27.9 Å². The summed E-state index contributed by atoms with van der Waals surface area (Å²) in [6.07, 6.45) is 1.70. The van der Waals surface area contributed by atoms with E-state index in [1.165, 1.54) is 24.3 Å². The summed E-state index contributed by atoms with van der Waals surface area (Å²) in [5, 5.41) is 14.9. The quantitative estimate of drug-likeness (QED) is 0.237. The van der Waals surface area contributed by atoms with Gasteiger partial charge in [0.25, 0.3) is 5.69 Å². The molecule has 5 rings (SSSR count). The molecular formula is C24H17FN4O3S. The minimum absolute atomic E-state index is 0.0199. The molecule has 2 aromatic heterocycles. The van der Waals surface area contributed by atoms with Crippen molar-refractivity contribution in [1.82, 2.24) is 10.3 Å². The molecule has 7 nitrogen and oxygen atoms in total. The molecule has 1 fully saturated rings. The number of furan rings is 1.